The molecule has 0 unspecified atom stereocenters. The van der Waals surface area contributed by atoms with E-state index in [9.17, 15) is 4.79 Å². The highest BCUT2D eigenvalue weighted by Gasteiger charge is 2.10. The molecule has 0 bridgehead atoms. The number of halogens is 1. The Labute approximate surface area is 142 Å². The summed E-state index contributed by atoms with van der Waals surface area (Å²) in [6, 6.07) is 7.38. The van der Waals surface area contributed by atoms with Crippen LogP contribution in [-0.4, -0.2) is 31.4 Å². The smallest absolute Gasteiger partial charge is 0.230 e. The second-order valence-electron chi connectivity index (χ2n) is 4.88. The molecule has 0 saturated carbocycles. The van der Waals surface area contributed by atoms with Gasteiger partial charge in [-0.2, -0.15) is 5.10 Å². The molecular weight excluding hydrogens is 334 g/mol. The summed E-state index contributed by atoms with van der Waals surface area (Å²) in [6.45, 7) is 0.475. The fourth-order valence-corrected chi connectivity index (χ4v) is 2.96. The summed E-state index contributed by atoms with van der Waals surface area (Å²) in [6.07, 6.45) is 3.20. The van der Waals surface area contributed by atoms with Gasteiger partial charge >= 0.3 is 0 Å². The molecule has 8 heteroatoms. The third kappa shape index (κ3) is 3.80. The third-order valence-electron chi connectivity index (χ3n) is 3.24. The Balaban J connectivity index is 1.57. The summed E-state index contributed by atoms with van der Waals surface area (Å²) >= 11 is 7.20. The van der Waals surface area contributed by atoms with Gasteiger partial charge in [-0.15, -0.1) is 0 Å². The molecule has 23 heavy (non-hydrogen) atoms. The monoisotopic (exact) mass is 347 g/mol. The number of benzene rings is 1. The van der Waals surface area contributed by atoms with Crippen molar-refractivity contribution in [1.29, 1.82) is 0 Å². The van der Waals surface area contributed by atoms with E-state index in [1.807, 2.05) is 19.2 Å². The molecule has 0 radical (unpaired) electrons. The number of amides is 1. The first-order chi connectivity index (χ1) is 11.1. The Kier molecular flexibility index (Phi) is 4.78. The van der Waals surface area contributed by atoms with Gasteiger partial charge in [-0.25, -0.2) is 9.97 Å². The van der Waals surface area contributed by atoms with Crippen LogP contribution in [0.4, 0.5) is 0 Å². The normalized spacial score (nSPS) is 10.9. The van der Waals surface area contributed by atoms with E-state index < -0.39 is 0 Å². The molecule has 0 fully saturated rings. The first kappa shape index (κ1) is 15.8. The topological polar surface area (TPSA) is 72.7 Å². The minimum atomic E-state index is -0.0550. The zero-order valence-electron chi connectivity index (χ0n) is 12.4. The van der Waals surface area contributed by atoms with Crippen LogP contribution in [0.15, 0.2) is 41.8 Å². The van der Waals surface area contributed by atoms with Crippen molar-refractivity contribution in [2.24, 2.45) is 7.05 Å². The molecule has 1 amide bonds. The number of rotatable bonds is 5. The fraction of sp³-hybridized carbons (Fsp3) is 0.200. The van der Waals surface area contributed by atoms with Gasteiger partial charge in [-0.05, 0) is 17.7 Å². The minimum Gasteiger partial charge on any atom is -0.351 e. The number of aryl methyl sites for hydroxylation is 1. The fourth-order valence-electron chi connectivity index (χ4n) is 2.04. The van der Waals surface area contributed by atoms with Crippen LogP contribution in [0.1, 0.15) is 5.56 Å². The van der Waals surface area contributed by atoms with Gasteiger partial charge in [0.1, 0.15) is 11.4 Å². The molecule has 6 nitrogen and oxygen atoms in total. The molecule has 3 aromatic rings. The van der Waals surface area contributed by atoms with E-state index >= 15 is 0 Å². The van der Waals surface area contributed by atoms with Gasteiger partial charge in [-0.1, -0.05) is 35.5 Å². The second kappa shape index (κ2) is 6.97. The summed E-state index contributed by atoms with van der Waals surface area (Å²) in [5.74, 6) is 0.231. The van der Waals surface area contributed by atoms with Crippen molar-refractivity contribution in [3.63, 3.8) is 0 Å². The molecule has 118 valence electrons. The lowest BCUT2D eigenvalue weighted by atomic mass is 10.2. The third-order valence-corrected chi connectivity index (χ3v) is 4.49. The van der Waals surface area contributed by atoms with Crippen molar-refractivity contribution < 1.29 is 4.79 Å². The first-order valence-electron chi connectivity index (χ1n) is 6.90. The Morgan fingerprint density at radius 1 is 1.30 bits per heavy atom. The highest BCUT2D eigenvalue weighted by molar-refractivity contribution is 8.00. The summed E-state index contributed by atoms with van der Waals surface area (Å²) in [5.41, 5.74) is 1.76. The number of aromatic nitrogens is 4. The summed E-state index contributed by atoms with van der Waals surface area (Å²) in [5, 5.41) is 9.32. The van der Waals surface area contributed by atoms with E-state index in [1.54, 1.807) is 23.0 Å². The van der Waals surface area contributed by atoms with Crippen molar-refractivity contribution in [2.75, 3.05) is 5.75 Å². The molecule has 3 rings (SSSR count). The van der Waals surface area contributed by atoms with Gasteiger partial charge in [0.15, 0.2) is 5.65 Å². The molecular formula is C15H14ClN5OS. The van der Waals surface area contributed by atoms with E-state index in [1.165, 1.54) is 18.1 Å². The predicted octanol–water partition coefficient (Wildman–Crippen LogP) is 2.43. The molecule has 2 aromatic heterocycles. The number of hydrogen-bond donors (Lipinski definition) is 1. The standard InChI is InChI=1S/C15H14ClN5OS/c1-21-14-12(7-20-21)15(19-9-18-14)23-8-13(22)17-6-10-2-4-11(16)5-3-10/h2-5,7,9H,6,8H2,1H3,(H,17,22). The van der Waals surface area contributed by atoms with E-state index in [2.05, 4.69) is 20.4 Å². The first-order valence-corrected chi connectivity index (χ1v) is 8.26. The molecule has 1 N–H and O–H groups in total. The van der Waals surface area contributed by atoms with Gasteiger partial charge in [0.25, 0.3) is 0 Å². The van der Waals surface area contributed by atoms with E-state index in [0.717, 1.165) is 21.6 Å². The van der Waals surface area contributed by atoms with Crippen LogP contribution in [0.25, 0.3) is 11.0 Å². The maximum Gasteiger partial charge on any atom is 0.230 e. The number of nitrogens with zero attached hydrogens (tertiary/aromatic N) is 4. The lowest BCUT2D eigenvalue weighted by Gasteiger charge is -2.05. The largest absolute Gasteiger partial charge is 0.351 e. The maximum absolute atomic E-state index is 12.0. The van der Waals surface area contributed by atoms with Crippen LogP contribution in [0.3, 0.4) is 0 Å². The number of fused-ring (bicyclic) bond motifs is 1. The van der Waals surface area contributed by atoms with E-state index in [0.29, 0.717) is 11.6 Å². The quantitative estimate of drug-likeness (QED) is 0.567. The van der Waals surface area contributed by atoms with Crippen LogP contribution in [-0.2, 0) is 18.4 Å². The molecule has 0 aliphatic carbocycles. The average Bonchev–Trinajstić information content (AvgIpc) is 2.94. The molecule has 0 spiro atoms. The van der Waals surface area contributed by atoms with Crippen molar-refractivity contribution in [3.05, 3.63) is 47.4 Å². The van der Waals surface area contributed by atoms with Crippen LogP contribution in [0.2, 0.25) is 5.02 Å². The van der Waals surface area contributed by atoms with Gasteiger partial charge in [0, 0.05) is 18.6 Å². The number of thioether (sulfide) groups is 1. The van der Waals surface area contributed by atoms with Crippen LogP contribution in [0, 0.1) is 0 Å². The van der Waals surface area contributed by atoms with Crippen molar-refractivity contribution >= 4 is 40.3 Å². The van der Waals surface area contributed by atoms with Crippen LogP contribution >= 0.6 is 23.4 Å². The van der Waals surface area contributed by atoms with Crippen LogP contribution < -0.4 is 5.32 Å². The zero-order chi connectivity index (χ0) is 16.2. The number of carbonyl (C=O) groups excluding carboxylic acids is 1. The van der Waals surface area contributed by atoms with Crippen molar-refractivity contribution in [2.45, 2.75) is 11.6 Å². The Morgan fingerprint density at radius 3 is 2.87 bits per heavy atom. The van der Waals surface area contributed by atoms with Gasteiger partial charge in [-0.3, -0.25) is 9.48 Å². The maximum atomic E-state index is 12.0. The van der Waals surface area contributed by atoms with Crippen molar-refractivity contribution in [3.8, 4) is 0 Å². The number of nitrogens with one attached hydrogen (secondary N) is 1. The van der Waals surface area contributed by atoms with E-state index in [-0.39, 0.29) is 11.7 Å². The van der Waals surface area contributed by atoms with Crippen molar-refractivity contribution in [1.82, 2.24) is 25.1 Å². The van der Waals surface area contributed by atoms with Gasteiger partial charge < -0.3 is 5.32 Å². The number of carbonyl (C=O) groups is 1. The molecule has 0 aliphatic heterocycles. The molecule has 2 heterocycles. The molecule has 0 aliphatic rings. The Morgan fingerprint density at radius 2 is 2.09 bits per heavy atom. The summed E-state index contributed by atoms with van der Waals surface area (Å²) < 4.78 is 1.68. The zero-order valence-corrected chi connectivity index (χ0v) is 13.9. The highest BCUT2D eigenvalue weighted by Crippen LogP contribution is 2.23. The SMILES string of the molecule is Cn1ncc2c(SCC(=O)NCc3ccc(Cl)cc3)ncnc21. The second-order valence-corrected chi connectivity index (χ2v) is 6.28. The number of hydrogen-bond acceptors (Lipinski definition) is 5. The minimum absolute atomic E-state index is 0.0550. The Hall–Kier alpha value is -2.12. The lowest BCUT2D eigenvalue weighted by molar-refractivity contribution is -0.118. The van der Waals surface area contributed by atoms with Crippen LogP contribution in [0.5, 0.6) is 0 Å². The van der Waals surface area contributed by atoms with E-state index in [4.69, 9.17) is 11.6 Å². The lowest BCUT2D eigenvalue weighted by Crippen LogP contribution is -2.24. The summed E-state index contributed by atoms with van der Waals surface area (Å²) in [4.78, 5) is 20.4. The molecule has 0 atom stereocenters. The van der Waals surface area contributed by atoms with Gasteiger partial charge in [0.2, 0.25) is 5.91 Å². The summed E-state index contributed by atoms with van der Waals surface area (Å²) in [7, 11) is 1.82. The molecule has 1 aromatic carbocycles. The predicted molar refractivity (Wildman–Crippen MR) is 90.3 cm³/mol. The highest BCUT2D eigenvalue weighted by atomic mass is 35.5. The average molecular weight is 348 g/mol. The van der Waals surface area contributed by atoms with Gasteiger partial charge in [0.05, 0.1) is 17.3 Å². The molecule has 0 saturated heterocycles. The Bertz CT molecular complexity index is 834.